The van der Waals surface area contributed by atoms with Gasteiger partial charge in [-0.3, -0.25) is 0 Å². The Morgan fingerprint density at radius 2 is 2.14 bits per heavy atom. The molecule has 1 aromatic rings. The number of hydrogen-bond acceptors (Lipinski definition) is 4. The molecule has 0 saturated carbocycles. The average molecular weight is 214 g/mol. The quantitative estimate of drug-likeness (QED) is 0.833. The van der Waals surface area contributed by atoms with Gasteiger partial charge in [0.2, 0.25) is 0 Å². The highest BCUT2D eigenvalue weighted by Gasteiger charge is 2.25. The highest BCUT2D eigenvalue weighted by molar-refractivity contribution is 7.11. The number of hydrogen-bond donors (Lipinski definition) is 1. The third kappa shape index (κ3) is 2.53. The van der Waals surface area contributed by atoms with Gasteiger partial charge in [0, 0.05) is 11.5 Å². The van der Waals surface area contributed by atoms with E-state index in [-0.39, 0.29) is 0 Å². The van der Waals surface area contributed by atoms with Crippen molar-refractivity contribution in [3.05, 3.63) is 15.6 Å². The van der Waals surface area contributed by atoms with Crippen LogP contribution in [0.25, 0.3) is 0 Å². The summed E-state index contributed by atoms with van der Waals surface area (Å²) < 4.78 is 5.34. The van der Waals surface area contributed by atoms with Crippen LogP contribution in [-0.2, 0) is 10.3 Å². The third-order valence-corrected chi connectivity index (χ3v) is 3.48. The molecule has 0 radical (unpaired) electrons. The van der Waals surface area contributed by atoms with Crippen LogP contribution in [0.1, 0.15) is 29.4 Å². The molecule has 0 aliphatic carbocycles. The van der Waals surface area contributed by atoms with Gasteiger partial charge in [-0.25, -0.2) is 4.98 Å². The molecular weight excluding hydrogens is 196 g/mol. The standard InChI is InChI=1S/C10H18N2OS/c1-5-13-6-10(4,11)9-12-7(2)8(3)14-9/h5-6,11H2,1-4H3. The molecule has 1 rings (SSSR count). The van der Waals surface area contributed by atoms with Gasteiger partial charge in [0.15, 0.2) is 0 Å². The van der Waals surface area contributed by atoms with Crippen molar-refractivity contribution >= 4 is 11.3 Å². The largest absolute Gasteiger partial charge is 0.379 e. The Bertz CT molecular complexity index is 288. The molecule has 0 spiro atoms. The second kappa shape index (κ2) is 4.38. The number of nitrogens with zero attached hydrogens (tertiary/aromatic N) is 1. The molecule has 0 aliphatic heterocycles. The molecule has 1 aromatic heterocycles. The first-order valence-electron chi connectivity index (χ1n) is 4.78. The predicted octanol–water partition coefficient (Wildman–Crippen LogP) is 1.97. The van der Waals surface area contributed by atoms with Crippen molar-refractivity contribution in [1.82, 2.24) is 4.98 Å². The molecule has 4 heteroatoms. The first-order valence-corrected chi connectivity index (χ1v) is 5.60. The van der Waals surface area contributed by atoms with Gasteiger partial charge in [0.1, 0.15) is 5.01 Å². The molecule has 0 fully saturated rings. The Labute approximate surface area is 89.3 Å². The molecule has 0 aliphatic rings. The number of nitrogens with two attached hydrogens (primary N) is 1. The maximum absolute atomic E-state index is 6.13. The normalized spacial score (nSPS) is 15.5. The third-order valence-electron chi connectivity index (χ3n) is 2.12. The highest BCUT2D eigenvalue weighted by atomic mass is 32.1. The topological polar surface area (TPSA) is 48.1 Å². The molecule has 1 unspecified atom stereocenters. The van der Waals surface area contributed by atoms with Gasteiger partial charge in [-0.05, 0) is 27.7 Å². The van der Waals surface area contributed by atoms with Crippen molar-refractivity contribution in [1.29, 1.82) is 0 Å². The fourth-order valence-electron chi connectivity index (χ4n) is 1.09. The summed E-state index contributed by atoms with van der Waals surface area (Å²) in [6.07, 6.45) is 0. The summed E-state index contributed by atoms with van der Waals surface area (Å²) in [7, 11) is 0. The van der Waals surface area contributed by atoms with Crippen molar-refractivity contribution in [2.45, 2.75) is 33.2 Å². The average Bonchev–Trinajstić information content (AvgIpc) is 2.45. The van der Waals surface area contributed by atoms with Crippen LogP contribution in [0.5, 0.6) is 0 Å². The van der Waals surface area contributed by atoms with Crippen LogP contribution >= 0.6 is 11.3 Å². The Kier molecular flexibility index (Phi) is 3.64. The second-order valence-electron chi connectivity index (χ2n) is 3.72. The Morgan fingerprint density at radius 1 is 1.50 bits per heavy atom. The highest BCUT2D eigenvalue weighted by Crippen LogP contribution is 2.25. The monoisotopic (exact) mass is 214 g/mol. The van der Waals surface area contributed by atoms with Gasteiger partial charge in [0.05, 0.1) is 17.8 Å². The van der Waals surface area contributed by atoms with Gasteiger partial charge in [0.25, 0.3) is 0 Å². The van der Waals surface area contributed by atoms with Crippen LogP contribution in [0.3, 0.4) is 0 Å². The van der Waals surface area contributed by atoms with Crippen LogP contribution in [0.4, 0.5) is 0 Å². The molecule has 0 amide bonds. The van der Waals surface area contributed by atoms with E-state index in [1.165, 1.54) is 4.88 Å². The minimum atomic E-state index is -0.459. The molecule has 3 nitrogen and oxygen atoms in total. The molecular formula is C10H18N2OS. The lowest BCUT2D eigenvalue weighted by molar-refractivity contribution is 0.101. The van der Waals surface area contributed by atoms with E-state index >= 15 is 0 Å². The van der Waals surface area contributed by atoms with Gasteiger partial charge in [-0.15, -0.1) is 11.3 Å². The predicted molar refractivity (Wildman–Crippen MR) is 59.6 cm³/mol. The maximum atomic E-state index is 6.13. The van der Waals surface area contributed by atoms with Crippen molar-refractivity contribution in [3.63, 3.8) is 0 Å². The maximum Gasteiger partial charge on any atom is 0.115 e. The smallest absolute Gasteiger partial charge is 0.115 e. The zero-order valence-electron chi connectivity index (χ0n) is 9.26. The van der Waals surface area contributed by atoms with Crippen molar-refractivity contribution < 1.29 is 4.74 Å². The van der Waals surface area contributed by atoms with Crippen LogP contribution in [0.15, 0.2) is 0 Å². The number of aryl methyl sites for hydroxylation is 2. The number of thiazole rings is 1. The minimum Gasteiger partial charge on any atom is -0.379 e. The Balaban J connectivity index is 2.80. The van der Waals surface area contributed by atoms with Gasteiger partial charge >= 0.3 is 0 Å². The van der Waals surface area contributed by atoms with E-state index in [4.69, 9.17) is 10.5 Å². The van der Waals surface area contributed by atoms with Crippen LogP contribution in [0.2, 0.25) is 0 Å². The zero-order chi connectivity index (χ0) is 10.8. The van der Waals surface area contributed by atoms with E-state index in [2.05, 4.69) is 11.9 Å². The lowest BCUT2D eigenvalue weighted by atomic mass is 10.1. The zero-order valence-corrected chi connectivity index (χ0v) is 10.1. The molecule has 0 bridgehead atoms. The minimum absolute atomic E-state index is 0.459. The van der Waals surface area contributed by atoms with E-state index in [1.54, 1.807) is 11.3 Å². The van der Waals surface area contributed by atoms with E-state index in [0.717, 1.165) is 10.7 Å². The summed E-state index contributed by atoms with van der Waals surface area (Å²) in [5.74, 6) is 0. The van der Waals surface area contributed by atoms with Gasteiger partial charge < -0.3 is 10.5 Å². The van der Waals surface area contributed by atoms with Crippen molar-refractivity contribution in [2.75, 3.05) is 13.2 Å². The van der Waals surface area contributed by atoms with Crippen molar-refractivity contribution in [3.8, 4) is 0 Å². The molecule has 1 heterocycles. The van der Waals surface area contributed by atoms with Crippen LogP contribution in [0, 0.1) is 13.8 Å². The summed E-state index contributed by atoms with van der Waals surface area (Å²) >= 11 is 1.66. The molecule has 2 N–H and O–H groups in total. The SMILES string of the molecule is CCOCC(C)(N)c1nc(C)c(C)s1. The summed E-state index contributed by atoms with van der Waals surface area (Å²) in [5.41, 5.74) is 6.74. The van der Waals surface area contributed by atoms with E-state index in [9.17, 15) is 0 Å². The molecule has 0 aromatic carbocycles. The molecule has 1 atom stereocenters. The molecule has 14 heavy (non-hydrogen) atoms. The number of ether oxygens (including phenoxy) is 1. The van der Waals surface area contributed by atoms with E-state index in [1.807, 2.05) is 20.8 Å². The number of rotatable bonds is 4. The lowest BCUT2D eigenvalue weighted by Gasteiger charge is -2.21. The van der Waals surface area contributed by atoms with Crippen LogP contribution in [-0.4, -0.2) is 18.2 Å². The Hall–Kier alpha value is -0.450. The lowest BCUT2D eigenvalue weighted by Crippen LogP contribution is -2.38. The summed E-state index contributed by atoms with van der Waals surface area (Å²) in [5, 5.41) is 0.959. The van der Waals surface area contributed by atoms with E-state index < -0.39 is 5.54 Å². The summed E-state index contributed by atoms with van der Waals surface area (Å²) in [4.78, 5) is 5.68. The van der Waals surface area contributed by atoms with Gasteiger partial charge in [-0.1, -0.05) is 0 Å². The summed E-state index contributed by atoms with van der Waals surface area (Å²) in [6, 6.07) is 0. The first kappa shape index (κ1) is 11.6. The number of aromatic nitrogens is 1. The molecule has 80 valence electrons. The fourth-order valence-corrected chi connectivity index (χ4v) is 2.05. The first-order chi connectivity index (χ1) is 6.47. The second-order valence-corrected chi connectivity index (χ2v) is 4.92. The van der Waals surface area contributed by atoms with E-state index in [0.29, 0.717) is 13.2 Å². The van der Waals surface area contributed by atoms with Crippen LogP contribution < -0.4 is 5.73 Å². The Morgan fingerprint density at radius 3 is 2.57 bits per heavy atom. The van der Waals surface area contributed by atoms with Gasteiger partial charge in [-0.2, -0.15) is 0 Å². The summed E-state index contributed by atoms with van der Waals surface area (Å²) in [6.45, 7) is 9.21. The molecule has 0 saturated heterocycles. The van der Waals surface area contributed by atoms with Crippen molar-refractivity contribution in [2.24, 2.45) is 5.73 Å². The fraction of sp³-hybridized carbons (Fsp3) is 0.700.